The Labute approximate surface area is 135 Å². The van der Waals surface area contributed by atoms with Crippen molar-refractivity contribution in [3.63, 3.8) is 0 Å². The van der Waals surface area contributed by atoms with Gasteiger partial charge in [-0.1, -0.05) is 34.5 Å². The first-order valence-electron chi connectivity index (χ1n) is 7.96. The van der Waals surface area contributed by atoms with E-state index in [2.05, 4.69) is 45.1 Å². The van der Waals surface area contributed by atoms with E-state index in [0.717, 1.165) is 43.1 Å². The van der Waals surface area contributed by atoms with Gasteiger partial charge in [0.15, 0.2) is 0 Å². The highest BCUT2D eigenvalue weighted by atomic mass is 79.9. The highest BCUT2D eigenvalue weighted by Gasteiger charge is 2.38. The van der Waals surface area contributed by atoms with E-state index in [1.54, 1.807) is 0 Å². The van der Waals surface area contributed by atoms with Gasteiger partial charge in [0.2, 0.25) is 5.91 Å². The number of benzene rings is 1. The molecule has 1 amide bonds. The van der Waals surface area contributed by atoms with E-state index in [0.29, 0.717) is 18.4 Å². The third-order valence-electron chi connectivity index (χ3n) is 5.07. The summed E-state index contributed by atoms with van der Waals surface area (Å²) in [5.74, 6) is 0.892. The maximum Gasteiger partial charge on any atom is 0.226 e. The molecule has 0 radical (unpaired) electrons. The molecule has 2 aliphatic rings. The number of nitrogens with zero attached hydrogens (tertiary/aromatic N) is 1. The van der Waals surface area contributed by atoms with Crippen LogP contribution in [0.5, 0.6) is 0 Å². The minimum atomic E-state index is 0.158. The summed E-state index contributed by atoms with van der Waals surface area (Å²) in [6.07, 6.45) is 5.46. The van der Waals surface area contributed by atoms with Gasteiger partial charge in [-0.25, -0.2) is 0 Å². The van der Waals surface area contributed by atoms with Crippen LogP contribution in [0.3, 0.4) is 0 Å². The van der Waals surface area contributed by atoms with Crippen molar-refractivity contribution in [1.82, 2.24) is 4.90 Å². The zero-order valence-corrected chi connectivity index (χ0v) is 13.9. The van der Waals surface area contributed by atoms with Crippen LogP contribution in [0.1, 0.15) is 43.7 Å². The van der Waals surface area contributed by atoms with Crippen molar-refractivity contribution in [3.05, 3.63) is 34.3 Å². The molecular weight excluding hydrogens is 328 g/mol. The molecule has 114 valence electrons. The fourth-order valence-corrected chi connectivity index (χ4v) is 4.18. The van der Waals surface area contributed by atoms with Crippen LogP contribution in [0, 0.1) is 11.8 Å². The molecule has 21 heavy (non-hydrogen) atoms. The average Bonchev–Trinajstić information content (AvgIpc) is 3.16. The molecule has 4 heteroatoms. The Bertz CT molecular complexity index is 502. The number of carbonyl (C=O) groups excluding carboxylic acids is 1. The SMILES string of the molecule is NC[C@H]1CCC[C@H]1C(=O)N1CCCC1c1ccc(Br)cc1. The van der Waals surface area contributed by atoms with E-state index in [-0.39, 0.29) is 12.0 Å². The molecule has 1 saturated carbocycles. The third kappa shape index (κ3) is 3.02. The van der Waals surface area contributed by atoms with Crippen LogP contribution in [0.2, 0.25) is 0 Å². The Kier molecular flexibility index (Phi) is 4.65. The molecule has 0 bridgehead atoms. The zero-order valence-electron chi connectivity index (χ0n) is 12.3. The third-order valence-corrected chi connectivity index (χ3v) is 5.60. The van der Waals surface area contributed by atoms with Gasteiger partial charge in [-0.3, -0.25) is 4.79 Å². The molecule has 3 rings (SSSR count). The van der Waals surface area contributed by atoms with Crippen LogP contribution < -0.4 is 5.73 Å². The second-order valence-electron chi connectivity index (χ2n) is 6.27. The van der Waals surface area contributed by atoms with Gasteiger partial charge in [0.05, 0.1) is 6.04 Å². The van der Waals surface area contributed by atoms with E-state index in [4.69, 9.17) is 5.73 Å². The Hall–Kier alpha value is -0.870. The van der Waals surface area contributed by atoms with Gasteiger partial charge in [0.25, 0.3) is 0 Å². The van der Waals surface area contributed by atoms with Crippen LogP contribution in [0.15, 0.2) is 28.7 Å². The lowest BCUT2D eigenvalue weighted by Gasteiger charge is -2.30. The number of hydrogen-bond donors (Lipinski definition) is 1. The first-order chi connectivity index (χ1) is 10.2. The lowest BCUT2D eigenvalue weighted by Crippen LogP contribution is -2.38. The predicted octanol–water partition coefficient (Wildman–Crippen LogP) is 3.49. The summed E-state index contributed by atoms with van der Waals surface area (Å²) in [5, 5.41) is 0. The van der Waals surface area contributed by atoms with Crippen LogP contribution in [-0.2, 0) is 4.79 Å². The van der Waals surface area contributed by atoms with Crippen molar-refractivity contribution in [2.75, 3.05) is 13.1 Å². The average molecular weight is 351 g/mol. The summed E-state index contributed by atoms with van der Waals surface area (Å²) < 4.78 is 1.08. The van der Waals surface area contributed by atoms with Gasteiger partial charge in [0.1, 0.15) is 0 Å². The van der Waals surface area contributed by atoms with Gasteiger partial charge in [-0.05, 0) is 55.8 Å². The molecular formula is C17H23BrN2O. The fraction of sp³-hybridized carbons (Fsp3) is 0.588. The minimum absolute atomic E-state index is 0.158. The fourth-order valence-electron chi connectivity index (χ4n) is 3.92. The summed E-state index contributed by atoms with van der Waals surface area (Å²) in [4.78, 5) is 15.0. The maximum absolute atomic E-state index is 12.9. The van der Waals surface area contributed by atoms with E-state index < -0.39 is 0 Å². The summed E-state index contributed by atoms with van der Waals surface area (Å²) in [7, 11) is 0. The van der Waals surface area contributed by atoms with Crippen molar-refractivity contribution in [1.29, 1.82) is 0 Å². The topological polar surface area (TPSA) is 46.3 Å². The van der Waals surface area contributed by atoms with Gasteiger partial charge in [-0.15, -0.1) is 0 Å². The molecule has 1 aliphatic heterocycles. The minimum Gasteiger partial charge on any atom is -0.335 e. The first-order valence-corrected chi connectivity index (χ1v) is 8.76. The molecule has 1 aromatic carbocycles. The van der Waals surface area contributed by atoms with E-state index >= 15 is 0 Å². The van der Waals surface area contributed by atoms with E-state index in [9.17, 15) is 4.79 Å². The molecule has 2 fully saturated rings. The van der Waals surface area contributed by atoms with Crippen LogP contribution in [0.25, 0.3) is 0 Å². The van der Waals surface area contributed by atoms with Crippen LogP contribution >= 0.6 is 15.9 Å². The van der Waals surface area contributed by atoms with E-state index in [1.807, 2.05) is 0 Å². The standard InChI is InChI=1S/C17H23BrN2O/c18-14-8-6-12(7-9-14)16-5-2-10-20(16)17(21)15-4-1-3-13(15)11-19/h6-9,13,15-16H,1-5,10-11,19H2/t13-,15-,16?/m1/s1. The number of hydrogen-bond acceptors (Lipinski definition) is 2. The number of halogens is 1. The van der Waals surface area contributed by atoms with Gasteiger partial charge < -0.3 is 10.6 Å². The first kappa shape index (κ1) is 15.0. The lowest BCUT2D eigenvalue weighted by molar-refractivity contribution is -0.137. The van der Waals surface area contributed by atoms with Crippen LogP contribution in [0.4, 0.5) is 0 Å². The smallest absolute Gasteiger partial charge is 0.226 e. The summed E-state index contributed by atoms with van der Waals surface area (Å²) in [6, 6.07) is 8.65. The summed E-state index contributed by atoms with van der Waals surface area (Å²) in [6.45, 7) is 1.54. The maximum atomic E-state index is 12.9. The number of likely N-dealkylation sites (tertiary alicyclic amines) is 1. The van der Waals surface area contributed by atoms with Crippen molar-refractivity contribution in [2.45, 2.75) is 38.1 Å². The van der Waals surface area contributed by atoms with Crippen LogP contribution in [-0.4, -0.2) is 23.9 Å². The highest BCUT2D eigenvalue weighted by Crippen LogP contribution is 2.38. The Morgan fingerprint density at radius 3 is 2.67 bits per heavy atom. The molecule has 1 saturated heterocycles. The van der Waals surface area contributed by atoms with E-state index in [1.165, 1.54) is 5.56 Å². The Morgan fingerprint density at radius 2 is 1.95 bits per heavy atom. The molecule has 3 atom stereocenters. The number of nitrogens with two attached hydrogens (primary N) is 1. The second-order valence-corrected chi connectivity index (χ2v) is 7.19. The molecule has 1 heterocycles. The molecule has 1 aromatic rings. The zero-order chi connectivity index (χ0) is 14.8. The van der Waals surface area contributed by atoms with Crippen molar-refractivity contribution >= 4 is 21.8 Å². The second kappa shape index (κ2) is 6.49. The molecule has 3 nitrogen and oxygen atoms in total. The highest BCUT2D eigenvalue weighted by molar-refractivity contribution is 9.10. The lowest BCUT2D eigenvalue weighted by atomic mass is 9.94. The van der Waals surface area contributed by atoms with Crippen molar-refractivity contribution in [2.24, 2.45) is 17.6 Å². The normalized spacial score (nSPS) is 29.0. The van der Waals surface area contributed by atoms with Crippen molar-refractivity contribution in [3.8, 4) is 0 Å². The largest absolute Gasteiger partial charge is 0.335 e. The van der Waals surface area contributed by atoms with Gasteiger partial charge >= 0.3 is 0 Å². The summed E-state index contributed by atoms with van der Waals surface area (Å²) in [5.41, 5.74) is 7.10. The quantitative estimate of drug-likeness (QED) is 0.906. The molecule has 0 aromatic heterocycles. The van der Waals surface area contributed by atoms with Crippen molar-refractivity contribution < 1.29 is 4.79 Å². The number of carbonyl (C=O) groups is 1. The Balaban J connectivity index is 1.77. The van der Waals surface area contributed by atoms with Gasteiger partial charge in [0, 0.05) is 16.9 Å². The molecule has 1 aliphatic carbocycles. The monoisotopic (exact) mass is 350 g/mol. The Morgan fingerprint density at radius 1 is 1.19 bits per heavy atom. The predicted molar refractivity (Wildman–Crippen MR) is 87.7 cm³/mol. The summed E-state index contributed by atoms with van der Waals surface area (Å²) >= 11 is 3.47. The number of amides is 1. The van der Waals surface area contributed by atoms with Gasteiger partial charge in [-0.2, -0.15) is 0 Å². The number of rotatable bonds is 3. The molecule has 2 N–H and O–H groups in total. The molecule has 1 unspecified atom stereocenters. The molecule has 0 spiro atoms.